The highest BCUT2D eigenvalue weighted by Crippen LogP contribution is 2.29. The number of ether oxygens (including phenoxy) is 1. The van der Waals surface area contributed by atoms with Crippen molar-refractivity contribution >= 4 is 5.97 Å². The Morgan fingerprint density at radius 2 is 2.00 bits per heavy atom. The van der Waals surface area contributed by atoms with Crippen molar-refractivity contribution < 1.29 is 14.6 Å². The van der Waals surface area contributed by atoms with Crippen LogP contribution in [0.2, 0.25) is 0 Å². The summed E-state index contributed by atoms with van der Waals surface area (Å²) in [4.78, 5) is 15.7. The number of hydrogen-bond donors (Lipinski definition) is 1. The van der Waals surface area contributed by atoms with E-state index in [4.69, 9.17) is 4.74 Å². The maximum Gasteiger partial charge on any atom is 0.356 e. The third-order valence-corrected chi connectivity index (χ3v) is 3.63. The molecule has 5 nitrogen and oxygen atoms in total. The highest BCUT2D eigenvalue weighted by Gasteiger charge is 2.18. The maximum absolute atomic E-state index is 11.4. The number of aromatic carboxylic acids is 1. The number of carboxylic acid groups (broad SMARTS) is 1. The van der Waals surface area contributed by atoms with Gasteiger partial charge in [-0.2, -0.15) is 0 Å². The molecular weight excluding hydrogens is 304 g/mol. The van der Waals surface area contributed by atoms with Gasteiger partial charge in [0.1, 0.15) is 11.6 Å². The van der Waals surface area contributed by atoms with Crippen LogP contribution in [0.5, 0.6) is 5.75 Å². The molecule has 0 aliphatic heterocycles. The molecule has 122 valence electrons. The van der Waals surface area contributed by atoms with Crippen molar-refractivity contribution in [3.05, 3.63) is 66.0 Å². The van der Waals surface area contributed by atoms with E-state index in [9.17, 15) is 9.90 Å². The zero-order chi connectivity index (χ0) is 17.1. The van der Waals surface area contributed by atoms with Gasteiger partial charge in [0.05, 0.1) is 12.3 Å². The molecular formula is C19H18N2O3. The number of benzene rings is 2. The van der Waals surface area contributed by atoms with E-state index in [0.717, 1.165) is 16.8 Å². The number of rotatable bonds is 5. The minimum atomic E-state index is -1.06. The molecule has 5 heteroatoms. The van der Waals surface area contributed by atoms with Gasteiger partial charge in [0, 0.05) is 11.8 Å². The van der Waals surface area contributed by atoms with Crippen molar-refractivity contribution in [3.63, 3.8) is 0 Å². The Labute approximate surface area is 140 Å². The molecule has 0 fully saturated rings. The number of carbonyl (C=O) groups is 1. The molecule has 0 saturated heterocycles. The highest BCUT2D eigenvalue weighted by atomic mass is 16.5. The molecule has 0 saturated carbocycles. The molecule has 0 aliphatic rings. The topological polar surface area (TPSA) is 64.3 Å². The van der Waals surface area contributed by atoms with Crippen LogP contribution < -0.4 is 4.74 Å². The zero-order valence-corrected chi connectivity index (χ0v) is 13.6. The molecule has 0 spiro atoms. The van der Waals surface area contributed by atoms with Gasteiger partial charge in [-0.25, -0.2) is 9.78 Å². The Kier molecular flexibility index (Phi) is 4.33. The lowest BCUT2D eigenvalue weighted by molar-refractivity contribution is 0.0691. The van der Waals surface area contributed by atoms with Crippen LogP contribution in [-0.2, 0) is 0 Å². The lowest BCUT2D eigenvalue weighted by Crippen LogP contribution is -2.01. The number of nitrogens with zero attached hydrogens (tertiary/aromatic N) is 2. The van der Waals surface area contributed by atoms with Crippen LogP contribution in [0.3, 0.4) is 0 Å². The van der Waals surface area contributed by atoms with E-state index in [2.05, 4.69) is 4.98 Å². The van der Waals surface area contributed by atoms with Crippen LogP contribution in [0.4, 0.5) is 0 Å². The summed E-state index contributed by atoms with van der Waals surface area (Å²) in [6.07, 6.45) is 1.53. The second-order valence-corrected chi connectivity index (χ2v) is 5.40. The van der Waals surface area contributed by atoms with Crippen molar-refractivity contribution in [2.75, 3.05) is 6.61 Å². The molecule has 24 heavy (non-hydrogen) atoms. The predicted molar refractivity (Wildman–Crippen MR) is 91.9 cm³/mol. The van der Waals surface area contributed by atoms with E-state index in [1.807, 2.05) is 62.4 Å². The Hall–Kier alpha value is -3.08. The van der Waals surface area contributed by atoms with Crippen molar-refractivity contribution in [2.24, 2.45) is 0 Å². The third-order valence-electron chi connectivity index (χ3n) is 3.63. The number of carboxylic acids is 1. The summed E-state index contributed by atoms with van der Waals surface area (Å²) in [5.74, 6) is 0.197. The first-order valence-corrected chi connectivity index (χ1v) is 7.72. The average Bonchev–Trinajstić information content (AvgIpc) is 3.01. The van der Waals surface area contributed by atoms with Crippen molar-refractivity contribution in [1.29, 1.82) is 0 Å². The highest BCUT2D eigenvalue weighted by molar-refractivity contribution is 5.86. The molecule has 0 unspecified atom stereocenters. The summed E-state index contributed by atoms with van der Waals surface area (Å²) < 4.78 is 7.45. The summed E-state index contributed by atoms with van der Waals surface area (Å²) in [7, 11) is 0. The number of para-hydroxylation sites is 2. The number of aromatic nitrogens is 2. The van der Waals surface area contributed by atoms with E-state index in [1.54, 1.807) is 4.57 Å². The summed E-state index contributed by atoms with van der Waals surface area (Å²) in [6.45, 7) is 4.43. The minimum Gasteiger partial charge on any atom is -0.492 e. The van der Waals surface area contributed by atoms with E-state index in [-0.39, 0.29) is 5.69 Å². The molecule has 1 aromatic heterocycles. The Morgan fingerprint density at radius 1 is 1.21 bits per heavy atom. The zero-order valence-electron chi connectivity index (χ0n) is 13.6. The van der Waals surface area contributed by atoms with Gasteiger partial charge in [-0.1, -0.05) is 35.9 Å². The number of hydrogen-bond acceptors (Lipinski definition) is 3. The third kappa shape index (κ3) is 3.01. The van der Waals surface area contributed by atoms with E-state index in [0.29, 0.717) is 18.2 Å². The molecule has 3 aromatic rings. The van der Waals surface area contributed by atoms with Crippen molar-refractivity contribution in [2.45, 2.75) is 13.8 Å². The van der Waals surface area contributed by atoms with E-state index >= 15 is 0 Å². The molecule has 0 atom stereocenters. The second-order valence-electron chi connectivity index (χ2n) is 5.40. The van der Waals surface area contributed by atoms with Gasteiger partial charge in [0.15, 0.2) is 5.69 Å². The lowest BCUT2D eigenvalue weighted by Gasteiger charge is -2.13. The van der Waals surface area contributed by atoms with Gasteiger partial charge >= 0.3 is 5.97 Å². The van der Waals surface area contributed by atoms with E-state index < -0.39 is 5.97 Å². The maximum atomic E-state index is 11.4. The Bertz CT molecular complexity index is 884. The summed E-state index contributed by atoms with van der Waals surface area (Å²) in [5.41, 5.74) is 2.69. The van der Waals surface area contributed by atoms with Crippen LogP contribution in [-0.4, -0.2) is 27.2 Å². The summed E-state index contributed by atoms with van der Waals surface area (Å²) in [5, 5.41) is 9.34. The lowest BCUT2D eigenvalue weighted by atomic mass is 10.1. The molecule has 3 rings (SSSR count). The smallest absolute Gasteiger partial charge is 0.356 e. The van der Waals surface area contributed by atoms with Crippen molar-refractivity contribution in [3.8, 4) is 22.8 Å². The fourth-order valence-corrected chi connectivity index (χ4v) is 2.59. The standard InChI is InChI=1S/C19H18N2O3/c1-3-24-17-10-5-4-9-16(17)21-12-15(19(22)23)20-18(21)14-8-6-7-13(2)11-14/h4-12H,3H2,1-2H3,(H,22,23). The summed E-state index contributed by atoms with van der Waals surface area (Å²) in [6, 6.07) is 15.3. The quantitative estimate of drug-likeness (QED) is 0.772. The Balaban J connectivity index is 2.22. The molecule has 1 heterocycles. The van der Waals surface area contributed by atoms with Crippen molar-refractivity contribution in [1.82, 2.24) is 9.55 Å². The first kappa shape index (κ1) is 15.8. The first-order valence-electron chi connectivity index (χ1n) is 7.72. The average molecular weight is 322 g/mol. The predicted octanol–water partition coefficient (Wildman–Crippen LogP) is 3.94. The van der Waals surface area contributed by atoms with Crippen LogP contribution in [0, 0.1) is 6.92 Å². The molecule has 0 amide bonds. The van der Waals surface area contributed by atoms with Crippen LogP contribution in [0.15, 0.2) is 54.7 Å². The van der Waals surface area contributed by atoms with Gasteiger partial charge in [0.25, 0.3) is 0 Å². The number of aryl methyl sites for hydroxylation is 1. The molecule has 0 aliphatic carbocycles. The van der Waals surface area contributed by atoms with Crippen LogP contribution in [0.25, 0.3) is 17.1 Å². The molecule has 2 aromatic carbocycles. The van der Waals surface area contributed by atoms with Gasteiger partial charge in [0.2, 0.25) is 0 Å². The van der Waals surface area contributed by atoms with Gasteiger partial charge < -0.3 is 9.84 Å². The van der Waals surface area contributed by atoms with Crippen LogP contribution >= 0.6 is 0 Å². The SMILES string of the molecule is CCOc1ccccc1-n1cc(C(=O)O)nc1-c1cccc(C)c1. The van der Waals surface area contributed by atoms with Gasteiger partial charge in [-0.05, 0) is 32.0 Å². The normalized spacial score (nSPS) is 10.6. The first-order chi connectivity index (χ1) is 11.6. The number of imidazole rings is 1. The largest absolute Gasteiger partial charge is 0.492 e. The molecule has 0 radical (unpaired) electrons. The van der Waals surface area contributed by atoms with Crippen LogP contribution in [0.1, 0.15) is 23.0 Å². The van der Waals surface area contributed by atoms with Gasteiger partial charge in [-0.15, -0.1) is 0 Å². The van der Waals surface area contributed by atoms with E-state index in [1.165, 1.54) is 6.20 Å². The Morgan fingerprint density at radius 3 is 2.71 bits per heavy atom. The second kappa shape index (κ2) is 6.58. The fraction of sp³-hybridized carbons (Fsp3) is 0.158. The summed E-state index contributed by atoms with van der Waals surface area (Å²) >= 11 is 0. The van der Waals surface area contributed by atoms with Gasteiger partial charge in [-0.3, -0.25) is 4.57 Å². The molecule has 0 bridgehead atoms. The minimum absolute atomic E-state index is 0.00203. The fourth-order valence-electron chi connectivity index (χ4n) is 2.59. The molecule has 1 N–H and O–H groups in total. The monoisotopic (exact) mass is 322 g/mol.